The summed E-state index contributed by atoms with van der Waals surface area (Å²) in [5, 5.41) is 0. The first-order valence-electron chi connectivity index (χ1n) is 19.3. The standard InChI is InChI=1S/C52H40N2/c1-4-13-39(14-5-1)49-35-50(54-51(53-49)41-15-6-2-7-16-41)40-27-25-37(26-28-40)36-21-23-38(24-22-36)42-17-12-18-43(33-42)44-29-30-46-45-19-8-9-20-47(45)52(48(46)34-44)31-10-3-11-32-52/h1-2,4-9,12-30,33-35H,3,10-11,31-32H2. The van der Waals surface area contributed by atoms with E-state index >= 15 is 0 Å². The molecule has 54 heavy (non-hydrogen) atoms. The second kappa shape index (κ2) is 13.5. The highest BCUT2D eigenvalue weighted by Crippen LogP contribution is 2.56. The minimum atomic E-state index is 0.164. The van der Waals surface area contributed by atoms with Crippen molar-refractivity contribution >= 4 is 0 Å². The summed E-state index contributed by atoms with van der Waals surface area (Å²) in [4.78, 5) is 9.96. The number of rotatable bonds is 6. The number of aromatic nitrogens is 2. The summed E-state index contributed by atoms with van der Waals surface area (Å²) in [5.41, 5.74) is 18.5. The first-order valence-corrected chi connectivity index (χ1v) is 19.3. The van der Waals surface area contributed by atoms with Gasteiger partial charge in [-0.2, -0.15) is 0 Å². The fourth-order valence-corrected chi connectivity index (χ4v) is 8.96. The average Bonchev–Trinajstić information content (AvgIpc) is 3.52. The number of hydrogen-bond acceptors (Lipinski definition) is 2. The van der Waals surface area contributed by atoms with Gasteiger partial charge in [-0.15, -0.1) is 0 Å². The molecule has 7 aromatic carbocycles. The van der Waals surface area contributed by atoms with Crippen LogP contribution in [-0.4, -0.2) is 9.97 Å². The Morgan fingerprint density at radius 2 is 0.778 bits per heavy atom. The van der Waals surface area contributed by atoms with Gasteiger partial charge in [0.25, 0.3) is 0 Å². The first kappa shape index (κ1) is 32.3. The number of fused-ring (bicyclic) bond motifs is 5. The Bertz CT molecular complexity index is 2540. The quantitative estimate of drug-likeness (QED) is 0.173. The molecule has 1 spiro atoms. The van der Waals surface area contributed by atoms with Crippen LogP contribution in [0.5, 0.6) is 0 Å². The molecule has 8 aromatic rings. The topological polar surface area (TPSA) is 25.8 Å². The summed E-state index contributed by atoms with van der Waals surface area (Å²) in [6.07, 6.45) is 6.46. The molecule has 1 aromatic heterocycles. The van der Waals surface area contributed by atoms with E-state index in [0.29, 0.717) is 0 Å². The lowest BCUT2D eigenvalue weighted by molar-refractivity contribution is 0.353. The molecule has 1 saturated carbocycles. The van der Waals surface area contributed by atoms with Gasteiger partial charge in [0.15, 0.2) is 5.82 Å². The van der Waals surface area contributed by atoms with Crippen LogP contribution in [-0.2, 0) is 5.41 Å². The zero-order chi connectivity index (χ0) is 35.9. The summed E-state index contributed by atoms with van der Waals surface area (Å²) < 4.78 is 0. The second-order valence-corrected chi connectivity index (χ2v) is 14.9. The monoisotopic (exact) mass is 692 g/mol. The van der Waals surface area contributed by atoms with Crippen molar-refractivity contribution in [2.75, 3.05) is 0 Å². The van der Waals surface area contributed by atoms with E-state index in [9.17, 15) is 0 Å². The third-order valence-corrected chi connectivity index (χ3v) is 11.7. The molecule has 0 amide bonds. The Hall–Kier alpha value is -6.38. The van der Waals surface area contributed by atoms with Crippen molar-refractivity contribution in [1.29, 1.82) is 0 Å². The fourth-order valence-electron chi connectivity index (χ4n) is 8.96. The summed E-state index contributed by atoms with van der Waals surface area (Å²) >= 11 is 0. The van der Waals surface area contributed by atoms with E-state index < -0.39 is 0 Å². The summed E-state index contributed by atoms with van der Waals surface area (Å²) in [5.74, 6) is 0.727. The van der Waals surface area contributed by atoms with Crippen molar-refractivity contribution in [2.24, 2.45) is 0 Å². The second-order valence-electron chi connectivity index (χ2n) is 14.9. The minimum absolute atomic E-state index is 0.164. The van der Waals surface area contributed by atoms with Gasteiger partial charge in [-0.25, -0.2) is 9.97 Å². The molecule has 2 heteroatoms. The van der Waals surface area contributed by atoms with Crippen molar-refractivity contribution in [2.45, 2.75) is 37.5 Å². The Labute approximate surface area is 317 Å². The van der Waals surface area contributed by atoms with E-state index in [-0.39, 0.29) is 5.41 Å². The zero-order valence-electron chi connectivity index (χ0n) is 30.3. The highest BCUT2D eigenvalue weighted by molar-refractivity contribution is 5.85. The number of hydrogen-bond donors (Lipinski definition) is 0. The number of nitrogens with zero attached hydrogens (tertiary/aromatic N) is 2. The Balaban J connectivity index is 0.923. The van der Waals surface area contributed by atoms with Crippen molar-refractivity contribution < 1.29 is 0 Å². The van der Waals surface area contributed by atoms with Gasteiger partial charge in [-0.05, 0) is 86.7 Å². The predicted molar refractivity (Wildman–Crippen MR) is 224 cm³/mol. The molecule has 1 heterocycles. The van der Waals surface area contributed by atoms with E-state index in [4.69, 9.17) is 9.97 Å². The van der Waals surface area contributed by atoms with Crippen LogP contribution in [0.4, 0.5) is 0 Å². The van der Waals surface area contributed by atoms with E-state index in [1.807, 2.05) is 24.3 Å². The molecule has 10 rings (SSSR count). The molecule has 2 aliphatic rings. The maximum Gasteiger partial charge on any atom is 0.160 e. The molecular weight excluding hydrogens is 653 g/mol. The van der Waals surface area contributed by atoms with E-state index in [0.717, 1.165) is 33.9 Å². The minimum Gasteiger partial charge on any atom is -0.228 e. The molecule has 0 aliphatic heterocycles. The lowest BCUT2D eigenvalue weighted by Gasteiger charge is -2.36. The Kier molecular flexibility index (Phi) is 8.10. The Morgan fingerprint density at radius 1 is 0.315 bits per heavy atom. The van der Waals surface area contributed by atoms with Crippen LogP contribution in [0.1, 0.15) is 43.2 Å². The van der Waals surface area contributed by atoms with Gasteiger partial charge in [0, 0.05) is 22.1 Å². The molecule has 0 N–H and O–H groups in total. The largest absolute Gasteiger partial charge is 0.228 e. The van der Waals surface area contributed by atoms with Crippen LogP contribution in [0.2, 0.25) is 0 Å². The van der Waals surface area contributed by atoms with Crippen molar-refractivity contribution in [3.8, 4) is 78.4 Å². The summed E-state index contributed by atoms with van der Waals surface area (Å²) in [6, 6.07) is 65.8. The molecular formula is C52H40N2. The molecule has 0 unspecified atom stereocenters. The highest BCUT2D eigenvalue weighted by Gasteiger charge is 2.43. The van der Waals surface area contributed by atoms with Gasteiger partial charge in [0.1, 0.15) is 0 Å². The van der Waals surface area contributed by atoms with Crippen LogP contribution >= 0.6 is 0 Å². The fraction of sp³-hybridized carbons (Fsp3) is 0.115. The lowest BCUT2D eigenvalue weighted by atomic mass is 9.67. The predicted octanol–water partition coefficient (Wildman–Crippen LogP) is 13.7. The summed E-state index contributed by atoms with van der Waals surface area (Å²) in [6.45, 7) is 0. The van der Waals surface area contributed by atoms with Crippen LogP contribution < -0.4 is 0 Å². The average molecular weight is 693 g/mol. The molecule has 258 valence electrons. The maximum absolute atomic E-state index is 5.01. The van der Waals surface area contributed by atoms with Crippen molar-refractivity contribution in [1.82, 2.24) is 9.97 Å². The van der Waals surface area contributed by atoms with Crippen molar-refractivity contribution in [3.63, 3.8) is 0 Å². The van der Waals surface area contributed by atoms with Gasteiger partial charge in [-0.1, -0.05) is 183 Å². The maximum atomic E-state index is 5.01. The third kappa shape index (κ3) is 5.76. The molecule has 0 bridgehead atoms. The van der Waals surface area contributed by atoms with Gasteiger partial charge >= 0.3 is 0 Å². The van der Waals surface area contributed by atoms with Crippen LogP contribution in [0.3, 0.4) is 0 Å². The van der Waals surface area contributed by atoms with Crippen LogP contribution in [0.25, 0.3) is 78.4 Å². The van der Waals surface area contributed by atoms with E-state index in [1.54, 1.807) is 5.56 Å². The number of benzene rings is 7. The van der Waals surface area contributed by atoms with Crippen molar-refractivity contribution in [3.05, 3.63) is 193 Å². The van der Waals surface area contributed by atoms with Gasteiger partial charge < -0.3 is 0 Å². The normalized spacial score (nSPS) is 14.1. The lowest BCUT2D eigenvalue weighted by Crippen LogP contribution is -2.28. The molecule has 1 fully saturated rings. The molecule has 0 saturated heterocycles. The van der Waals surface area contributed by atoms with Gasteiger partial charge in [-0.3, -0.25) is 0 Å². The van der Waals surface area contributed by atoms with Gasteiger partial charge in [0.2, 0.25) is 0 Å². The van der Waals surface area contributed by atoms with E-state index in [2.05, 4.69) is 158 Å². The molecule has 2 aliphatic carbocycles. The van der Waals surface area contributed by atoms with E-state index in [1.165, 1.54) is 82.2 Å². The summed E-state index contributed by atoms with van der Waals surface area (Å²) in [7, 11) is 0. The third-order valence-electron chi connectivity index (χ3n) is 11.7. The smallest absolute Gasteiger partial charge is 0.160 e. The highest BCUT2D eigenvalue weighted by atomic mass is 14.9. The van der Waals surface area contributed by atoms with Crippen LogP contribution in [0, 0.1) is 0 Å². The molecule has 2 nitrogen and oxygen atoms in total. The first-order chi connectivity index (χ1) is 26.7. The Morgan fingerprint density at radius 3 is 1.44 bits per heavy atom. The molecule has 0 atom stereocenters. The van der Waals surface area contributed by atoms with Crippen LogP contribution in [0.15, 0.2) is 182 Å². The zero-order valence-corrected chi connectivity index (χ0v) is 30.3. The SMILES string of the molecule is c1ccc(-c2cc(-c3ccc(-c4ccc(-c5cccc(-c6ccc7c(c6)C6(CCCCC6)c6ccccc6-7)c5)cc4)cc3)nc(-c3ccccc3)n2)cc1. The van der Waals surface area contributed by atoms with Gasteiger partial charge in [0.05, 0.1) is 11.4 Å². The molecule has 0 radical (unpaired) electrons.